The molecule has 0 aliphatic carbocycles. The van der Waals surface area contributed by atoms with Crippen molar-refractivity contribution in [3.05, 3.63) is 78.1 Å². The molecule has 1 heterocycles. The maximum Gasteiger partial charge on any atom is 0.115 e. The molecule has 0 aliphatic rings. The van der Waals surface area contributed by atoms with Crippen LogP contribution in [-0.2, 0) is 13.0 Å². The molecule has 4 heteroatoms. The minimum atomic E-state index is 0.320. The molecule has 1 atom stereocenters. The summed E-state index contributed by atoms with van der Waals surface area (Å²) in [5.74, 6) is 0.320. The van der Waals surface area contributed by atoms with E-state index in [4.69, 9.17) is 0 Å². The number of aromatic hydroxyl groups is 1. The van der Waals surface area contributed by atoms with E-state index in [0.717, 1.165) is 25.1 Å². The van der Waals surface area contributed by atoms with Crippen LogP contribution in [0, 0.1) is 0 Å². The number of benzene rings is 2. The Hall–Kier alpha value is -2.59. The molecule has 1 aromatic heterocycles. The zero-order chi connectivity index (χ0) is 16.8. The highest BCUT2D eigenvalue weighted by Crippen LogP contribution is 2.15. The number of para-hydroxylation sites is 1. The van der Waals surface area contributed by atoms with E-state index in [1.54, 1.807) is 18.3 Å². The molecule has 0 radical (unpaired) electrons. The average molecular weight is 321 g/mol. The van der Waals surface area contributed by atoms with Crippen molar-refractivity contribution >= 4 is 0 Å². The third-order valence-corrected chi connectivity index (χ3v) is 4.19. The first kappa shape index (κ1) is 16.3. The molecule has 2 aromatic carbocycles. The fraction of sp³-hybridized carbons (Fsp3) is 0.250. The van der Waals surface area contributed by atoms with Gasteiger partial charge >= 0.3 is 0 Å². The summed E-state index contributed by atoms with van der Waals surface area (Å²) < 4.78 is 1.90. The quantitative estimate of drug-likeness (QED) is 0.698. The SMILES string of the molecule is CC(CCc1ccc(O)cc1)NCc1ccccc1-n1cccn1. The van der Waals surface area contributed by atoms with E-state index >= 15 is 0 Å². The minimum Gasteiger partial charge on any atom is -0.508 e. The Morgan fingerprint density at radius 3 is 2.62 bits per heavy atom. The lowest BCUT2D eigenvalue weighted by Crippen LogP contribution is -2.26. The lowest BCUT2D eigenvalue weighted by Gasteiger charge is -2.16. The average Bonchev–Trinajstić information content (AvgIpc) is 3.14. The van der Waals surface area contributed by atoms with Crippen molar-refractivity contribution in [1.82, 2.24) is 15.1 Å². The Kier molecular flexibility index (Phi) is 5.29. The first-order valence-corrected chi connectivity index (χ1v) is 8.31. The van der Waals surface area contributed by atoms with E-state index in [-0.39, 0.29) is 0 Å². The van der Waals surface area contributed by atoms with Crippen molar-refractivity contribution in [2.75, 3.05) is 0 Å². The van der Waals surface area contributed by atoms with Crippen molar-refractivity contribution in [3.63, 3.8) is 0 Å². The second-order valence-electron chi connectivity index (χ2n) is 6.07. The van der Waals surface area contributed by atoms with Gasteiger partial charge in [-0.1, -0.05) is 30.3 Å². The number of nitrogens with zero attached hydrogens (tertiary/aromatic N) is 2. The molecule has 4 nitrogen and oxygen atoms in total. The van der Waals surface area contributed by atoms with Crippen LogP contribution in [-0.4, -0.2) is 20.9 Å². The zero-order valence-corrected chi connectivity index (χ0v) is 13.9. The molecule has 124 valence electrons. The van der Waals surface area contributed by atoms with Gasteiger partial charge in [0.05, 0.1) is 5.69 Å². The van der Waals surface area contributed by atoms with Gasteiger partial charge in [-0.25, -0.2) is 4.68 Å². The molecule has 3 aromatic rings. The molecule has 2 N–H and O–H groups in total. The van der Waals surface area contributed by atoms with Gasteiger partial charge in [-0.2, -0.15) is 5.10 Å². The molecule has 0 bridgehead atoms. The maximum absolute atomic E-state index is 9.33. The van der Waals surface area contributed by atoms with Gasteiger partial charge in [0.2, 0.25) is 0 Å². The van der Waals surface area contributed by atoms with Crippen LogP contribution in [0.2, 0.25) is 0 Å². The maximum atomic E-state index is 9.33. The van der Waals surface area contributed by atoms with Crippen LogP contribution < -0.4 is 5.32 Å². The van der Waals surface area contributed by atoms with E-state index < -0.39 is 0 Å². The smallest absolute Gasteiger partial charge is 0.115 e. The molecule has 0 fully saturated rings. The Morgan fingerprint density at radius 2 is 1.88 bits per heavy atom. The number of phenolic OH excluding ortho intramolecular Hbond substituents is 1. The van der Waals surface area contributed by atoms with Gasteiger partial charge in [0, 0.05) is 25.0 Å². The summed E-state index contributed by atoms with van der Waals surface area (Å²) in [7, 11) is 0. The predicted molar refractivity (Wildman–Crippen MR) is 96.3 cm³/mol. The monoisotopic (exact) mass is 321 g/mol. The Labute approximate surface area is 142 Å². The van der Waals surface area contributed by atoms with Crippen molar-refractivity contribution in [2.24, 2.45) is 0 Å². The highest BCUT2D eigenvalue weighted by atomic mass is 16.3. The van der Waals surface area contributed by atoms with Gasteiger partial charge in [-0.05, 0) is 55.2 Å². The summed E-state index contributed by atoms with van der Waals surface area (Å²) in [6, 6.07) is 18.1. The second-order valence-corrected chi connectivity index (χ2v) is 6.07. The summed E-state index contributed by atoms with van der Waals surface area (Å²) in [6.07, 6.45) is 5.81. The molecule has 0 saturated heterocycles. The summed E-state index contributed by atoms with van der Waals surface area (Å²) in [4.78, 5) is 0. The Morgan fingerprint density at radius 1 is 1.08 bits per heavy atom. The number of aromatic nitrogens is 2. The molecule has 0 saturated carbocycles. The van der Waals surface area contributed by atoms with Gasteiger partial charge in [-0.3, -0.25) is 0 Å². The topological polar surface area (TPSA) is 50.1 Å². The summed E-state index contributed by atoms with van der Waals surface area (Å²) in [6.45, 7) is 3.02. The van der Waals surface area contributed by atoms with Crippen LogP contribution in [0.5, 0.6) is 5.75 Å². The molecule has 3 rings (SSSR count). The van der Waals surface area contributed by atoms with Crippen molar-refractivity contribution in [2.45, 2.75) is 32.4 Å². The van der Waals surface area contributed by atoms with Gasteiger partial charge < -0.3 is 10.4 Å². The number of aryl methyl sites for hydroxylation is 1. The zero-order valence-electron chi connectivity index (χ0n) is 13.9. The second kappa shape index (κ2) is 7.79. The fourth-order valence-electron chi connectivity index (χ4n) is 2.73. The lowest BCUT2D eigenvalue weighted by molar-refractivity contribution is 0.474. The molecular weight excluding hydrogens is 298 g/mol. The highest BCUT2D eigenvalue weighted by Gasteiger charge is 2.07. The Bertz CT molecular complexity index is 751. The first-order chi connectivity index (χ1) is 11.7. The van der Waals surface area contributed by atoms with Crippen LogP contribution in [0.3, 0.4) is 0 Å². The van der Waals surface area contributed by atoms with Gasteiger partial charge in [0.25, 0.3) is 0 Å². The van der Waals surface area contributed by atoms with Gasteiger partial charge in [0.15, 0.2) is 0 Å². The van der Waals surface area contributed by atoms with Gasteiger partial charge in [0.1, 0.15) is 5.75 Å². The normalized spacial score (nSPS) is 12.2. The number of nitrogens with one attached hydrogen (secondary N) is 1. The van der Waals surface area contributed by atoms with E-state index in [1.807, 2.05) is 35.1 Å². The lowest BCUT2D eigenvalue weighted by atomic mass is 10.1. The van der Waals surface area contributed by atoms with Crippen LogP contribution in [0.15, 0.2) is 67.0 Å². The van der Waals surface area contributed by atoms with Crippen molar-refractivity contribution in [3.8, 4) is 11.4 Å². The molecule has 0 spiro atoms. The van der Waals surface area contributed by atoms with Crippen LogP contribution >= 0.6 is 0 Å². The number of hydrogen-bond donors (Lipinski definition) is 2. The number of rotatable bonds is 7. The van der Waals surface area contributed by atoms with E-state index in [9.17, 15) is 5.11 Å². The summed E-state index contributed by atoms with van der Waals surface area (Å²) in [5, 5.41) is 17.2. The summed E-state index contributed by atoms with van der Waals surface area (Å²) in [5.41, 5.74) is 3.59. The third-order valence-electron chi connectivity index (χ3n) is 4.19. The van der Waals surface area contributed by atoms with E-state index in [2.05, 4.69) is 35.5 Å². The standard InChI is InChI=1S/C20H23N3O/c1-16(7-8-17-9-11-19(24)12-10-17)21-15-18-5-2-3-6-20(18)23-14-4-13-22-23/h2-6,9-14,16,21,24H,7-8,15H2,1H3. The van der Waals surface area contributed by atoms with Crippen molar-refractivity contribution < 1.29 is 5.11 Å². The fourth-order valence-corrected chi connectivity index (χ4v) is 2.73. The van der Waals surface area contributed by atoms with Crippen LogP contribution in [0.4, 0.5) is 0 Å². The van der Waals surface area contributed by atoms with Gasteiger partial charge in [-0.15, -0.1) is 0 Å². The predicted octanol–water partition coefficient (Wildman–Crippen LogP) is 3.69. The summed E-state index contributed by atoms with van der Waals surface area (Å²) >= 11 is 0. The molecule has 0 aliphatic heterocycles. The van der Waals surface area contributed by atoms with E-state index in [1.165, 1.54) is 11.1 Å². The van der Waals surface area contributed by atoms with Crippen molar-refractivity contribution in [1.29, 1.82) is 0 Å². The molecule has 0 amide bonds. The largest absolute Gasteiger partial charge is 0.508 e. The van der Waals surface area contributed by atoms with Crippen LogP contribution in [0.25, 0.3) is 5.69 Å². The molecule has 24 heavy (non-hydrogen) atoms. The number of phenols is 1. The molecule has 1 unspecified atom stereocenters. The first-order valence-electron chi connectivity index (χ1n) is 8.31. The van der Waals surface area contributed by atoms with E-state index in [0.29, 0.717) is 11.8 Å². The number of hydrogen-bond acceptors (Lipinski definition) is 3. The highest BCUT2D eigenvalue weighted by molar-refractivity contribution is 5.40. The Balaban J connectivity index is 1.55. The van der Waals surface area contributed by atoms with Crippen LogP contribution in [0.1, 0.15) is 24.5 Å². The third kappa shape index (κ3) is 4.24. The minimum absolute atomic E-state index is 0.320. The molecular formula is C20H23N3O.